The molecule has 3 heterocycles. The fraction of sp³-hybridized carbons (Fsp3) is 0.526. The molecule has 1 aliphatic rings. The van der Waals surface area contributed by atoms with Crippen LogP contribution in [0, 0.1) is 19.8 Å². The van der Waals surface area contributed by atoms with Crippen molar-refractivity contribution in [3.05, 3.63) is 17.3 Å². The van der Waals surface area contributed by atoms with Crippen LogP contribution in [0.4, 0.5) is 10.6 Å². The van der Waals surface area contributed by atoms with E-state index in [1.54, 1.807) is 11.3 Å². The fourth-order valence-corrected chi connectivity index (χ4v) is 4.33. The summed E-state index contributed by atoms with van der Waals surface area (Å²) in [7, 11) is 0. The molecule has 0 amide bonds. The Balaban J connectivity index is 1.89. The molecule has 1 N–H and O–H groups in total. The Morgan fingerprint density at radius 3 is 2.77 bits per heavy atom. The lowest BCUT2D eigenvalue weighted by atomic mass is 10.1. The Bertz CT molecular complexity index is 1010. The first kappa shape index (κ1) is 17.3. The van der Waals surface area contributed by atoms with Crippen molar-refractivity contribution < 1.29 is 9.53 Å². The molecule has 3 aromatic rings. The summed E-state index contributed by atoms with van der Waals surface area (Å²) < 4.78 is 7.95. The van der Waals surface area contributed by atoms with Crippen LogP contribution in [0.15, 0.2) is 6.07 Å². The van der Waals surface area contributed by atoms with E-state index in [9.17, 15) is 4.79 Å². The number of pyridine rings is 1. The standard InChI is InChI=1S/C19H24N4O2S/c1-10-8-11(2)21-17-13(10)14-15(26-17)16(20-9-12-6-7-12)22-23(14)18(24)25-19(3,4)5/h8,12H,6-7,9H2,1-5H3,(H,20,22). The number of carbonyl (C=O) groups is 1. The Morgan fingerprint density at radius 1 is 1.38 bits per heavy atom. The van der Waals surface area contributed by atoms with Gasteiger partial charge in [0, 0.05) is 17.6 Å². The zero-order valence-electron chi connectivity index (χ0n) is 15.8. The number of ether oxygens (including phenoxy) is 1. The third-order valence-electron chi connectivity index (χ3n) is 4.41. The summed E-state index contributed by atoms with van der Waals surface area (Å²) in [6, 6.07) is 2.04. The Labute approximate surface area is 156 Å². The number of rotatable bonds is 3. The fourth-order valence-electron chi connectivity index (χ4n) is 3.10. The van der Waals surface area contributed by atoms with E-state index >= 15 is 0 Å². The number of nitrogens with zero attached hydrogens (tertiary/aromatic N) is 3. The normalized spacial score (nSPS) is 15.0. The summed E-state index contributed by atoms with van der Waals surface area (Å²) in [6.45, 7) is 10.5. The average Bonchev–Trinajstić information content (AvgIpc) is 3.16. The minimum absolute atomic E-state index is 0.457. The summed E-state index contributed by atoms with van der Waals surface area (Å²) in [5.74, 6) is 1.46. The predicted octanol–water partition coefficient (Wildman–Crippen LogP) is 4.87. The molecular formula is C19H24N4O2S. The molecule has 0 radical (unpaired) electrons. The van der Waals surface area contributed by atoms with Crippen molar-refractivity contribution in [3.63, 3.8) is 0 Å². The summed E-state index contributed by atoms with van der Waals surface area (Å²) in [5.41, 5.74) is 2.29. The molecule has 138 valence electrons. The first-order chi connectivity index (χ1) is 12.2. The number of hydrogen-bond donors (Lipinski definition) is 1. The van der Waals surface area contributed by atoms with Gasteiger partial charge in [-0.2, -0.15) is 4.68 Å². The highest BCUT2D eigenvalue weighted by Crippen LogP contribution is 2.40. The summed E-state index contributed by atoms with van der Waals surface area (Å²) in [6.07, 6.45) is 2.06. The number of fused-ring (bicyclic) bond motifs is 3. The minimum atomic E-state index is -0.577. The van der Waals surface area contributed by atoms with Gasteiger partial charge in [-0.3, -0.25) is 0 Å². The highest BCUT2D eigenvalue weighted by Gasteiger charge is 2.27. The van der Waals surface area contributed by atoms with Crippen LogP contribution in [-0.4, -0.2) is 33.0 Å². The lowest BCUT2D eigenvalue weighted by Gasteiger charge is -2.19. The van der Waals surface area contributed by atoms with Crippen LogP contribution in [0.2, 0.25) is 0 Å². The lowest BCUT2D eigenvalue weighted by molar-refractivity contribution is 0.0523. The highest BCUT2D eigenvalue weighted by molar-refractivity contribution is 7.26. The Hall–Kier alpha value is -2.15. The molecule has 7 heteroatoms. The largest absolute Gasteiger partial charge is 0.442 e. The van der Waals surface area contributed by atoms with Crippen LogP contribution in [0.1, 0.15) is 44.9 Å². The van der Waals surface area contributed by atoms with E-state index in [2.05, 4.69) is 15.4 Å². The van der Waals surface area contributed by atoms with Gasteiger partial charge in [-0.05, 0) is 65.0 Å². The van der Waals surface area contributed by atoms with Crippen LogP contribution in [0.25, 0.3) is 20.4 Å². The van der Waals surface area contributed by atoms with Gasteiger partial charge in [-0.15, -0.1) is 16.4 Å². The molecule has 0 aromatic carbocycles. The number of thiophene rings is 1. The number of aryl methyl sites for hydroxylation is 2. The maximum atomic E-state index is 12.8. The number of aromatic nitrogens is 3. The molecule has 0 unspecified atom stereocenters. The van der Waals surface area contributed by atoms with Crippen molar-refractivity contribution in [2.45, 2.75) is 53.1 Å². The Morgan fingerprint density at radius 2 is 2.12 bits per heavy atom. The van der Waals surface area contributed by atoms with E-state index in [-0.39, 0.29) is 0 Å². The molecule has 0 spiro atoms. The third kappa shape index (κ3) is 3.16. The van der Waals surface area contributed by atoms with Gasteiger partial charge in [-0.1, -0.05) is 0 Å². The van der Waals surface area contributed by atoms with E-state index in [1.807, 2.05) is 40.7 Å². The van der Waals surface area contributed by atoms with Crippen LogP contribution in [0.5, 0.6) is 0 Å². The van der Waals surface area contributed by atoms with E-state index in [0.29, 0.717) is 5.92 Å². The second-order valence-corrected chi connectivity index (χ2v) is 9.10. The van der Waals surface area contributed by atoms with Gasteiger partial charge in [0.2, 0.25) is 0 Å². The maximum Gasteiger partial charge on any atom is 0.435 e. The highest BCUT2D eigenvalue weighted by atomic mass is 32.1. The smallest absolute Gasteiger partial charge is 0.435 e. The molecule has 4 rings (SSSR count). The van der Waals surface area contributed by atoms with Gasteiger partial charge < -0.3 is 10.1 Å². The van der Waals surface area contributed by atoms with Crippen molar-refractivity contribution in [3.8, 4) is 0 Å². The van der Waals surface area contributed by atoms with Crippen LogP contribution >= 0.6 is 11.3 Å². The first-order valence-electron chi connectivity index (χ1n) is 8.99. The summed E-state index contributed by atoms with van der Waals surface area (Å²) >= 11 is 1.58. The topological polar surface area (TPSA) is 69.0 Å². The first-order valence-corrected chi connectivity index (χ1v) is 9.81. The molecular weight excluding hydrogens is 348 g/mol. The zero-order chi connectivity index (χ0) is 18.6. The van der Waals surface area contributed by atoms with E-state index in [1.165, 1.54) is 17.5 Å². The zero-order valence-corrected chi connectivity index (χ0v) is 16.7. The number of hydrogen-bond acceptors (Lipinski definition) is 6. The van der Waals surface area contributed by atoms with Crippen molar-refractivity contribution in [1.29, 1.82) is 0 Å². The van der Waals surface area contributed by atoms with Crippen molar-refractivity contribution >= 4 is 43.7 Å². The quantitative estimate of drug-likeness (QED) is 0.710. The van der Waals surface area contributed by atoms with Crippen LogP contribution in [-0.2, 0) is 4.74 Å². The van der Waals surface area contributed by atoms with Gasteiger partial charge in [0.1, 0.15) is 20.6 Å². The van der Waals surface area contributed by atoms with Crippen LogP contribution in [0.3, 0.4) is 0 Å². The minimum Gasteiger partial charge on any atom is -0.442 e. The molecule has 1 saturated carbocycles. The number of nitrogens with one attached hydrogen (secondary N) is 1. The van der Waals surface area contributed by atoms with Gasteiger partial charge >= 0.3 is 6.09 Å². The molecule has 3 aromatic heterocycles. The third-order valence-corrected chi connectivity index (χ3v) is 5.49. The number of anilines is 1. The second-order valence-electron chi connectivity index (χ2n) is 8.11. The number of carbonyl (C=O) groups excluding carboxylic acids is 1. The molecule has 0 atom stereocenters. The maximum absolute atomic E-state index is 12.8. The monoisotopic (exact) mass is 372 g/mol. The van der Waals surface area contributed by atoms with E-state index in [0.717, 1.165) is 44.1 Å². The van der Waals surface area contributed by atoms with E-state index in [4.69, 9.17) is 4.74 Å². The molecule has 0 bridgehead atoms. The van der Waals surface area contributed by atoms with Crippen molar-refractivity contribution in [1.82, 2.24) is 14.8 Å². The summed E-state index contributed by atoms with van der Waals surface area (Å²) in [5, 5.41) is 8.97. The lowest BCUT2D eigenvalue weighted by Crippen LogP contribution is -2.27. The van der Waals surface area contributed by atoms with Gasteiger partial charge in [-0.25, -0.2) is 9.78 Å². The molecule has 1 aliphatic carbocycles. The van der Waals surface area contributed by atoms with Gasteiger partial charge in [0.25, 0.3) is 0 Å². The van der Waals surface area contributed by atoms with E-state index < -0.39 is 11.7 Å². The second kappa shape index (κ2) is 5.94. The van der Waals surface area contributed by atoms with Gasteiger partial charge in [0.05, 0.1) is 0 Å². The molecule has 26 heavy (non-hydrogen) atoms. The van der Waals surface area contributed by atoms with Gasteiger partial charge in [0.15, 0.2) is 5.82 Å². The van der Waals surface area contributed by atoms with Crippen LogP contribution < -0.4 is 5.32 Å². The molecule has 0 saturated heterocycles. The Kier molecular flexibility index (Phi) is 3.95. The average molecular weight is 372 g/mol. The van der Waals surface area contributed by atoms with Crippen molar-refractivity contribution in [2.24, 2.45) is 5.92 Å². The van der Waals surface area contributed by atoms with Crippen molar-refractivity contribution in [2.75, 3.05) is 11.9 Å². The summed E-state index contributed by atoms with van der Waals surface area (Å²) in [4.78, 5) is 18.4. The SMILES string of the molecule is Cc1cc(C)c2c(n1)sc1c(NCC3CC3)nn(C(=O)OC(C)(C)C)c12. The molecule has 6 nitrogen and oxygen atoms in total. The predicted molar refractivity (Wildman–Crippen MR) is 105 cm³/mol. The molecule has 1 fully saturated rings. The molecule has 0 aliphatic heterocycles.